The van der Waals surface area contributed by atoms with Crippen LogP contribution in [0.4, 0.5) is 5.69 Å². The maximum atomic E-state index is 12.7. The van der Waals surface area contributed by atoms with Gasteiger partial charge in [-0.15, -0.1) is 0 Å². The third kappa shape index (κ3) is 4.22. The molecule has 0 aliphatic carbocycles. The highest BCUT2D eigenvalue weighted by Crippen LogP contribution is 2.29. The Bertz CT molecular complexity index is 1040. The number of aryl methyl sites for hydroxylation is 2. The van der Waals surface area contributed by atoms with Crippen LogP contribution < -0.4 is 14.8 Å². The average Bonchev–Trinajstić information content (AvgIpc) is 3.22. The topological polar surface area (TPSA) is 83.2 Å². The van der Waals surface area contributed by atoms with Gasteiger partial charge in [0.15, 0.2) is 17.2 Å². The minimum atomic E-state index is -0.362. The Balaban J connectivity index is 1.83. The van der Waals surface area contributed by atoms with Crippen molar-refractivity contribution in [2.75, 3.05) is 19.5 Å². The predicted octanol–water partition coefficient (Wildman–Crippen LogP) is 3.69. The number of hydrogen-bond acceptors (Lipinski definition) is 5. The van der Waals surface area contributed by atoms with E-state index in [4.69, 9.17) is 21.1 Å². The molecule has 0 saturated carbocycles. The van der Waals surface area contributed by atoms with Gasteiger partial charge < -0.3 is 14.8 Å². The number of benzene rings is 1. The van der Waals surface area contributed by atoms with Crippen LogP contribution in [0.25, 0.3) is 0 Å². The minimum absolute atomic E-state index is 0.194. The number of hydrogen-bond donors (Lipinski definition) is 1. The van der Waals surface area contributed by atoms with Crippen LogP contribution >= 0.6 is 11.6 Å². The zero-order valence-corrected chi connectivity index (χ0v) is 17.9. The van der Waals surface area contributed by atoms with Gasteiger partial charge in [0.05, 0.1) is 42.9 Å². The number of ether oxygens (including phenoxy) is 2. The number of aromatic nitrogens is 4. The number of halogens is 1. The molecule has 0 atom stereocenters. The molecule has 1 N–H and O–H groups in total. The molecule has 0 radical (unpaired) electrons. The second-order valence-corrected chi connectivity index (χ2v) is 6.94. The molecule has 3 aromatic rings. The fourth-order valence-corrected chi connectivity index (χ4v) is 3.31. The molecule has 0 saturated heterocycles. The van der Waals surface area contributed by atoms with Crippen molar-refractivity contribution in [3.05, 3.63) is 52.1 Å². The third-order valence-corrected chi connectivity index (χ3v) is 4.93. The number of methoxy groups -OCH3 is 2. The standard InChI is InChI=1S/C20H24ClN5O3/c1-6-25-11-15(21)19(24-25)20(27)22-18-12(2)23-26(13(18)3)10-14-7-8-16(28-4)17(9-14)29-5/h7-9,11H,6,10H2,1-5H3,(H,22,27). The fourth-order valence-electron chi connectivity index (χ4n) is 3.07. The number of anilines is 1. The molecular weight excluding hydrogens is 394 g/mol. The molecule has 9 heteroatoms. The lowest BCUT2D eigenvalue weighted by molar-refractivity contribution is 0.102. The largest absolute Gasteiger partial charge is 0.493 e. The molecule has 2 aromatic heterocycles. The summed E-state index contributed by atoms with van der Waals surface area (Å²) in [5.74, 6) is 0.959. The van der Waals surface area contributed by atoms with Crippen LogP contribution in [0, 0.1) is 13.8 Å². The SMILES string of the molecule is CCn1cc(Cl)c(C(=O)Nc2c(C)nn(Cc3ccc(OC)c(OC)c3)c2C)n1. The summed E-state index contributed by atoms with van der Waals surface area (Å²) in [6.07, 6.45) is 1.64. The van der Waals surface area contributed by atoms with Crippen molar-refractivity contribution < 1.29 is 14.3 Å². The Morgan fingerprint density at radius 2 is 1.90 bits per heavy atom. The van der Waals surface area contributed by atoms with Crippen LogP contribution in [0.1, 0.15) is 34.4 Å². The summed E-state index contributed by atoms with van der Waals surface area (Å²) in [6.45, 7) is 6.84. The number of nitrogens with one attached hydrogen (secondary N) is 1. The van der Waals surface area contributed by atoms with Gasteiger partial charge in [0.1, 0.15) is 0 Å². The molecule has 0 spiro atoms. The van der Waals surface area contributed by atoms with Crippen molar-refractivity contribution in [1.29, 1.82) is 0 Å². The van der Waals surface area contributed by atoms with Gasteiger partial charge in [-0.3, -0.25) is 14.2 Å². The monoisotopic (exact) mass is 417 g/mol. The molecule has 0 bridgehead atoms. The van der Waals surface area contributed by atoms with E-state index in [0.29, 0.717) is 41.0 Å². The number of nitrogens with zero attached hydrogens (tertiary/aromatic N) is 4. The first-order valence-electron chi connectivity index (χ1n) is 9.17. The quantitative estimate of drug-likeness (QED) is 0.633. The Hall–Kier alpha value is -3.00. The second kappa shape index (κ2) is 8.57. The van der Waals surface area contributed by atoms with E-state index in [0.717, 1.165) is 11.3 Å². The van der Waals surface area contributed by atoms with Gasteiger partial charge in [0.2, 0.25) is 0 Å². The number of amides is 1. The molecule has 29 heavy (non-hydrogen) atoms. The van der Waals surface area contributed by atoms with Crippen molar-refractivity contribution in [2.24, 2.45) is 0 Å². The normalized spacial score (nSPS) is 10.8. The Morgan fingerprint density at radius 1 is 1.17 bits per heavy atom. The van der Waals surface area contributed by atoms with E-state index in [1.807, 2.05) is 43.7 Å². The Kier molecular flexibility index (Phi) is 6.12. The van der Waals surface area contributed by atoms with Crippen molar-refractivity contribution >= 4 is 23.2 Å². The lowest BCUT2D eigenvalue weighted by Gasteiger charge is -2.11. The van der Waals surface area contributed by atoms with Gasteiger partial charge in [0, 0.05) is 12.7 Å². The Morgan fingerprint density at radius 3 is 2.52 bits per heavy atom. The lowest BCUT2D eigenvalue weighted by atomic mass is 10.2. The van der Waals surface area contributed by atoms with Gasteiger partial charge in [-0.25, -0.2) is 0 Å². The molecule has 0 fully saturated rings. The minimum Gasteiger partial charge on any atom is -0.493 e. The van der Waals surface area contributed by atoms with E-state index in [1.54, 1.807) is 25.1 Å². The smallest absolute Gasteiger partial charge is 0.277 e. The summed E-state index contributed by atoms with van der Waals surface area (Å²) < 4.78 is 14.1. The van der Waals surface area contributed by atoms with Crippen LogP contribution in [-0.4, -0.2) is 39.7 Å². The molecule has 0 aliphatic rings. The van der Waals surface area contributed by atoms with Crippen molar-refractivity contribution in [2.45, 2.75) is 33.9 Å². The molecule has 8 nitrogen and oxygen atoms in total. The molecule has 0 aliphatic heterocycles. The van der Waals surface area contributed by atoms with Crippen LogP contribution in [-0.2, 0) is 13.1 Å². The van der Waals surface area contributed by atoms with E-state index in [2.05, 4.69) is 15.5 Å². The first-order valence-corrected chi connectivity index (χ1v) is 9.54. The second-order valence-electron chi connectivity index (χ2n) is 6.53. The highest BCUT2D eigenvalue weighted by Gasteiger charge is 2.20. The van der Waals surface area contributed by atoms with Crippen molar-refractivity contribution in [1.82, 2.24) is 19.6 Å². The molecule has 1 amide bonds. The maximum absolute atomic E-state index is 12.7. The summed E-state index contributed by atoms with van der Waals surface area (Å²) in [5, 5.41) is 12.0. The molecule has 154 valence electrons. The third-order valence-electron chi connectivity index (χ3n) is 4.66. The summed E-state index contributed by atoms with van der Waals surface area (Å²) in [4.78, 5) is 12.7. The molecule has 2 heterocycles. The zero-order chi connectivity index (χ0) is 21.1. The van der Waals surface area contributed by atoms with Crippen molar-refractivity contribution in [3.63, 3.8) is 0 Å². The number of carbonyl (C=O) groups excluding carboxylic acids is 1. The van der Waals surface area contributed by atoms with E-state index >= 15 is 0 Å². The van der Waals surface area contributed by atoms with Crippen LogP contribution in [0.5, 0.6) is 11.5 Å². The van der Waals surface area contributed by atoms with Gasteiger partial charge >= 0.3 is 0 Å². The number of rotatable bonds is 7. The van der Waals surface area contributed by atoms with E-state index in [9.17, 15) is 4.79 Å². The maximum Gasteiger partial charge on any atom is 0.277 e. The van der Waals surface area contributed by atoms with Gasteiger partial charge in [0.25, 0.3) is 5.91 Å². The zero-order valence-electron chi connectivity index (χ0n) is 17.1. The Labute approximate surface area is 174 Å². The molecule has 1 aromatic carbocycles. The van der Waals surface area contributed by atoms with Gasteiger partial charge in [-0.05, 0) is 38.5 Å². The average molecular weight is 418 g/mol. The predicted molar refractivity (Wildman–Crippen MR) is 111 cm³/mol. The molecular formula is C20H24ClN5O3. The summed E-state index contributed by atoms with van der Waals surface area (Å²) >= 11 is 6.14. The summed E-state index contributed by atoms with van der Waals surface area (Å²) in [5.41, 5.74) is 3.38. The molecule has 0 unspecified atom stereocenters. The summed E-state index contributed by atoms with van der Waals surface area (Å²) in [7, 11) is 3.20. The van der Waals surface area contributed by atoms with E-state index < -0.39 is 0 Å². The lowest BCUT2D eigenvalue weighted by Crippen LogP contribution is -2.15. The van der Waals surface area contributed by atoms with Crippen molar-refractivity contribution in [3.8, 4) is 11.5 Å². The highest BCUT2D eigenvalue weighted by molar-refractivity contribution is 6.34. The van der Waals surface area contributed by atoms with Gasteiger partial charge in [-0.2, -0.15) is 10.2 Å². The van der Waals surface area contributed by atoms with E-state index in [1.165, 1.54) is 0 Å². The fraction of sp³-hybridized carbons (Fsp3) is 0.350. The highest BCUT2D eigenvalue weighted by atomic mass is 35.5. The van der Waals surface area contributed by atoms with Crippen LogP contribution in [0.15, 0.2) is 24.4 Å². The number of carbonyl (C=O) groups is 1. The summed E-state index contributed by atoms with van der Waals surface area (Å²) in [6, 6.07) is 5.71. The first-order chi connectivity index (χ1) is 13.9. The van der Waals surface area contributed by atoms with Crippen LogP contribution in [0.3, 0.4) is 0 Å². The first kappa shape index (κ1) is 20.7. The molecule has 3 rings (SSSR count). The van der Waals surface area contributed by atoms with Crippen LogP contribution in [0.2, 0.25) is 5.02 Å². The van der Waals surface area contributed by atoms with E-state index in [-0.39, 0.29) is 11.6 Å². The van der Waals surface area contributed by atoms with Gasteiger partial charge in [-0.1, -0.05) is 17.7 Å².